The van der Waals surface area contributed by atoms with Crippen molar-refractivity contribution in [3.05, 3.63) is 77.1 Å². The van der Waals surface area contributed by atoms with E-state index in [1.165, 1.54) is 23.5 Å². The number of hydrogen-bond acceptors (Lipinski definition) is 3. The van der Waals surface area contributed by atoms with E-state index in [4.69, 9.17) is 0 Å². The third-order valence-corrected chi connectivity index (χ3v) is 4.99. The van der Waals surface area contributed by atoms with E-state index in [2.05, 4.69) is 15.3 Å². The van der Waals surface area contributed by atoms with Gasteiger partial charge in [0.15, 0.2) is 0 Å². The van der Waals surface area contributed by atoms with Gasteiger partial charge in [-0.25, -0.2) is 9.37 Å². The molecule has 0 aliphatic heterocycles. The lowest BCUT2D eigenvalue weighted by molar-refractivity contribution is 0.0950. The van der Waals surface area contributed by atoms with Crippen molar-refractivity contribution in [2.24, 2.45) is 0 Å². The Hall–Kier alpha value is -2.99. The molecule has 1 amide bonds. The number of halogens is 1. The molecule has 0 spiro atoms. The van der Waals surface area contributed by atoms with Crippen molar-refractivity contribution in [2.75, 3.05) is 6.54 Å². The van der Waals surface area contributed by atoms with E-state index in [9.17, 15) is 9.18 Å². The summed E-state index contributed by atoms with van der Waals surface area (Å²) in [5.41, 5.74) is 3.33. The minimum atomic E-state index is -0.259. The van der Waals surface area contributed by atoms with E-state index in [0.717, 1.165) is 27.2 Å². The van der Waals surface area contributed by atoms with Crippen molar-refractivity contribution in [1.82, 2.24) is 15.3 Å². The summed E-state index contributed by atoms with van der Waals surface area (Å²) in [6.45, 7) is 0.476. The van der Waals surface area contributed by atoms with E-state index in [-0.39, 0.29) is 11.7 Å². The van der Waals surface area contributed by atoms with Crippen LogP contribution in [0.25, 0.3) is 21.6 Å². The smallest absolute Gasteiger partial charge is 0.270 e. The van der Waals surface area contributed by atoms with Crippen LogP contribution in [-0.4, -0.2) is 22.4 Å². The Morgan fingerprint density at radius 3 is 2.77 bits per heavy atom. The summed E-state index contributed by atoms with van der Waals surface area (Å²) in [5.74, 6) is -0.463. The number of benzene rings is 2. The van der Waals surface area contributed by atoms with Gasteiger partial charge < -0.3 is 10.3 Å². The normalized spacial score (nSPS) is 11.0. The molecule has 0 aliphatic carbocycles. The number of H-pyrrole nitrogens is 1. The Bertz CT molecular complexity index is 1020. The quantitative estimate of drug-likeness (QED) is 0.551. The van der Waals surface area contributed by atoms with Gasteiger partial charge in [-0.3, -0.25) is 4.79 Å². The van der Waals surface area contributed by atoms with Gasteiger partial charge in [-0.15, -0.1) is 11.3 Å². The number of para-hydroxylation sites is 1. The van der Waals surface area contributed by atoms with Crippen LogP contribution in [0.15, 0.2) is 60.0 Å². The lowest BCUT2D eigenvalue weighted by atomic mass is 10.1. The highest BCUT2D eigenvalue weighted by atomic mass is 32.1. The fraction of sp³-hybridized carbons (Fsp3) is 0.100. The summed E-state index contributed by atoms with van der Waals surface area (Å²) in [7, 11) is 0. The first-order valence-corrected chi connectivity index (χ1v) is 9.13. The minimum Gasteiger partial charge on any atom is -0.353 e. The molecule has 0 bridgehead atoms. The van der Waals surface area contributed by atoms with E-state index in [1.807, 2.05) is 30.3 Å². The zero-order chi connectivity index (χ0) is 17.9. The van der Waals surface area contributed by atoms with Gasteiger partial charge in [-0.05, 0) is 36.2 Å². The van der Waals surface area contributed by atoms with Gasteiger partial charge in [-0.1, -0.05) is 30.3 Å². The van der Waals surface area contributed by atoms with Crippen LogP contribution in [0.3, 0.4) is 0 Å². The average molecular weight is 365 g/mol. The Labute approximate surface area is 153 Å². The molecular formula is C20H16FN3OS. The number of rotatable bonds is 5. The van der Waals surface area contributed by atoms with Crippen molar-refractivity contribution in [2.45, 2.75) is 6.42 Å². The molecule has 0 unspecified atom stereocenters. The Morgan fingerprint density at radius 1 is 1.15 bits per heavy atom. The molecule has 0 aliphatic rings. The zero-order valence-corrected chi connectivity index (χ0v) is 14.6. The maximum atomic E-state index is 12.9. The van der Waals surface area contributed by atoms with Gasteiger partial charge in [0.05, 0.1) is 5.69 Å². The van der Waals surface area contributed by atoms with Crippen LogP contribution < -0.4 is 5.32 Å². The molecule has 2 aromatic heterocycles. The monoisotopic (exact) mass is 365 g/mol. The van der Waals surface area contributed by atoms with Crippen LogP contribution in [0.5, 0.6) is 0 Å². The number of aromatic nitrogens is 2. The predicted octanol–water partition coefficient (Wildman–Crippen LogP) is 4.40. The summed E-state index contributed by atoms with van der Waals surface area (Å²) >= 11 is 1.43. The molecular weight excluding hydrogens is 349 g/mol. The molecule has 4 aromatic rings. The van der Waals surface area contributed by atoms with Crippen LogP contribution in [0.2, 0.25) is 0 Å². The maximum absolute atomic E-state index is 12.9. The molecule has 0 saturated heterocycles. The highest BCUT2D eigenvalue weighted by Gasteiger charge is 2.13. The summed E-state index contributed by atoms with van der Waals surface area (Å²) < 4.78 is 12.9. The first kappa shape index (κ1) is 16.5. The molecule has 2 aromatic carbocycles. The molecule has 6 heteroatoms. The van der Waals surface area contributed by atoms with Crippen LogP contribution >= 0.6 is 11.3 Å². The lowest BCUT2D eigenvalue weighted by Gasteiger charge is -2.03. The number of fused-ring (bicyclic) bond motifs is 1. The van der Waals surface area contributed by atoms with Crippen LogP contribution in [-0.2, 0) is 6.42 Å². The highest BCUT2D eigenvalue weighted by Crippen LogP contribution is 2.26. The Balaban J connectivity index is 1.40. The number of carbonyl (C=O) groups excluding carboxylic acids is 1. The summed E-state index contributed by atoms with van der Waals surface area (Å²) in [6, 6.07) is 16.3. The second-order valence-electron chi connectivity index (χ2n) is 5.94. The third kappa shape index (κ3) is 3.50. The number of thiazole rings is 1. The van der Waals surface area contributed by atoms with Crippen LogP contribution in [0, 0.1) is 5.82 Å². The molecule has 4 nitrogen and oxygen atoms in total. The number of nitrogens with zero attached hydrogens (tertiary/aromatic N) is 1. The van der Waals surface area contributed by atoms with Crippen molar-refractivity contribution >= 4 is 28.1 Å². The second-order valence-corrected chi connectivity index (χ2v) is 6.80. The average Bonchev–Trinajstić information content (AvgIpc) is 3.30. The summed E-state index contributed by atoms with van der Waals surface area (Å²) in [4.78, 5) is 20.0. The topological polar surface area (TPSA) is 57.8 Å². The van der Waals surface area contributed by atoms with E-state index < -0.39 is 0 Å². The second kappa shape index (κ2) is 7.09. The molecule has 4 rings (SSSR count). The predicted molar refractivity (Wildman–Crippen MR) is 102 cm³/mol. The molecule has 0 saturated carbocycles. The number of hydrogen-bond donors (Lipinski definition) is 2. The molecule has 26 heavy (non-hydrogen) atoms. The van der Waals surface area contributed by atoms with Crippen molar-refractivity contribution < 1.29 is 9.18 Å². The van der Waals surface area contributed by atoms with Gasteiger partial charge in [-0.2, -0.15) is 0 Å². The van der Waals surface area contributed by atoms with E-state index >= 15 is 0 Å². The highest BCUT2D eigenvalue weighted by molar-refractivity contribution is 7.13. The summed E-state index contributed by atoms with van der Waals surface area (Å²) in [5, 5.41) is 6.51. The Morgan fingerprint density at radius 2 is 1.96 bits per heavy atom. The first-order valence-electron chi connectivity index (χ1n) is 8.25. The van der Waals surface area contributed by atoms with Gasteiger partial charge in [0.2, 0.25) is 0 Å². The summed E-state index contributed by atoms with van der Waals surface area (Å²) in [6.07, 6.45) is 0.644. The van der Waals surface area contributed by atoms with Crippen molar-refractivity contribution in [1.29, 1.82) is 0 Å². The molecule has 0 radical (unpaired) electrons. The van der Waals surface area contributed by atoms with E-state index in [0.29, 0.717) is 18.7 Å². The van der Waals surface area contributed by atoms with Crippen LogP contribution in [0.1, 0.15) is 16.1 Å². The van der Waals surface area contributed by atoms with E-state index in [1.54, 1.807) is 17.5 Å². The van der Waals surface area contributed by atoms with Crippen LogP contribution in [0.4, 0.5) is 4.39 Å². The lowest BCUT2D eigenvalue weighted by Crippen LogP contribution is -2.25. The largest absolute Gasteiger partial charge is 0.353 e. The molecule has 130 valence electrons. The SMILES string of the molecule is O=C(NCCc1ccc(F)cc1)c1csc(-c2cc3ccccc3[nH]2)n1. The number of nitrogens with one attached hydrogen (secondary N) is 2. The van der Waals surface area contributed by atoms with Gasteiger partial charge in [0.25, 0.3) is 5.91 Å². The minimum absolute atomic E-state index is 0.203. The van der Waals surface area contributed by atoms with Gasteiger partial charge in [0.1, 0.15) is 16.5 Å². The number of carbonyl (C=O) groups is 1. The molecule has 0 atom stereocenters. The first-order chi connectivity index (χ1) is 12.7. The molecule has 2 heterocycles. The molecule has 0 fully saturated rings. The maximum Gasteiger partial charge on any atom is 0.270 e. The molecule has 2 N–H and O–H groups in total. The number of amides is 1. The fourth-order valence-corrected chi connectivity index (χ4v) is 3.52. The number of aromatic amines is 1. The Kier molecular flexibility index (Phi) is 4.50. The van der Waals surface area contributed by atoms with Crippen molar-refractivity contribution in [3.63, 3.8) is 0 Å². The van der Waals surface area contributed by atoms with Gasteiger partial charge >= 0.3 is 0 Å². The standard InChI is InChI=1S/C20H16FN3OS/c21-15-7-5-13(6-8-15)9-10-22-19(25)18-12-26-20(24-18)17-11-14-3-1-2-4-16(14)23-17/h1-8,11-12,23H,9-10H2,(H,22,25). The third-order valence-electron chi connectivity index (χ3n) is 4.11. The zero-order valence-electron chi connectivity index (χ0n) is 13.8. The van der Waals surface area contributed by atoms with Gasteiger partial charge in [0, 0.05) is 22.8 Å². The van der Waals surface area contributed by atoms with Crippen molar-refractivity contribution in [3.8, 4) is 10.7 Å². The fourth-order valence-electron chi connectivity index (χ4n) is 2.75.